The standard InChI is InChI=1S/C19H28N2O2/c1-4-7-15(8-5-2)19(23)20-16-11-10-14(3)17(13-16)21-12-6-9-18(21)22/h10-11,13,15H,4-9,12H2,1-3H3,(H,20,23). The molecule has 0 unspecified atom stereocenters. The highest BCUT2D eigenvalue weighted by Crippen LogP contribution is 2.28. The van der Waals surface area contributed by atoms with E-state index in [1.807, 2.05) is 30.0 Å². The maximum Gasteiger partial charge on any atom is 0.227 e. The lowest BCUT2D eigenvalue weighted by molar-refractivity contribution is -0.120. The van der Waals surface area contributed by atoms with Crippen molar-refractivity contribution in [1.82, 2.24) is 0 Å². The van der Waals surface area contributed by atoms with E-state index in [2.05, 4.69) is 19.2 Å². The lowest BCUT2D eigenvalue weighted by Gasteiger charge is -2.20. The molecular weight excluding hydrogens is 288 g/mol. The van der Waals surface area contributed by atoms with Crippen LogP contribution in [0.3, 0.4) is 0 Å². The molecule has 23 heavy (non-hydrogen) atoms. The second kappa shape index (κ2) is 8.14. The molecule has 1 heterocycles. The second-order valence-corrected chi connectivity index (χ2v) is 6.41. The summed E-state index contributed by atoms with van der Waals surface area (Å²) in [4.78, 5) is 26.3. The van der Waals surface area contributed by atoms with Crippen molar-refractivity contribution in [1.29, 1.82) is 0 Å². The average molecular weight is 316 g/mol. The van der Waals surface area contributed by atoms with E-state index in [0.29, 0.717) is 6.42 Å². The molecule has 1 aromatic carbocycles. The monoisotopic (exact) mass is 316 g/mol. The molecule has 1 saturated heterocycles. The Kier molecular flexibility index (Phi) is 6.20. The van der Waals surface area contributed by atoms with Gasteiger partial charge in [0.1, 0.15) is 0 Å². The summed E-state index contributed by atoms with van der Waals surface area (Å²) in [6.07, 6.45) is 5.39. The molecule has 2 rings (SSSR count). The van der Waals surface area contributed by atoms with Crippen LogP contribution >= 0.6 is 0 Å². The summed E-state index contributed by atoms with van der Waals surface area (Å²) < 4.78 is 0. The van der Waals surface area contributed by atoms with Gasteiger partial charge in [-0.1, -0.05) is 32.8 Å². The Balaban J connectivity index is 2.14. The predicted molar refractivity (Wildman–Crippen MR) is 94.7 cm³/mol. The largest absolute Gasteiger partial charge is 0.326 e. The van der Waals surface area contributed by atoms with Gasteiger partial charge in [-0.05, 0) is 43.9 Å². The SMILES string of the molecule is CCCC(CCC)C(=O)Nc1ccc(C)c(N2CCCC2=O)c1. The van der Waals surface area contributed by atoms with Crippen molar-refractivity contribution < 1.29 is 9.59 Å². The van der Waals surface area contributed by atoms with E-state index in [0.717, 1.165) is 55.6 Å². The van der Waals surface area contributed by atoms with Crippen LogP contribution in [0.15, 0.2) is 18.2 Å². The summed E-state index contributed by atoms with van der Waals surface area (Å²) >= 11 is 0. The van der Waals surface area contributed by atoms with Crippen LogP contribution < -0.4 is 10.2 Å². The Morgan fingerprint density at radius 1 is 1.26 bits per heavy atom. The van der Waals surface area contributed by atoms with Crippen LogP contribution in [0.4, 0.5) is 11.4 Å². The molecule has 0 atom stereocenters. The number of carbonyl (C=O) groups excluding carboxylic acids is 2. The maximum atomic E-state index is 12.5. The number of amides is 2. The summed E-state index contributed by atoms with van der Waals surface area (Å²) in [5.41, 5.74) is 2.78. The van der Waals surface area contributed by atoms with Crippen molar-refractivity contribution >= 4 is 23.2 Å². The number of carbonyl (C=O) groups is 2. The highest BCUT2D eigenvalue weighted by atomic mass is 16.2. The molecule has 1 N–H and O–H groups in total. The highest BCUT2D eigenvalue weighted by molar-refractivity contribution is 5.98. The molecule has 2 amide bonds. The van der Waals surface area contributed by atoms with Crippen molar-refractivity contribution in [2.45, 2.75) is 59.3 Å². The normalized spacial score (nSPS) is 14.6. The number of rotatable bonds is 7. The maximum absolute atomic E-state index is 12.5. The van der Waals surface area contributed by atoms with E-state index in [4.69, 9.17) is 0 Å². The van der Waals surface area contributed by atoms with Crippen LogP contribution in [0.1, 0.15) is 57.9 Å². The molecule has 0 aromatic heterocycles. The zero-order chi connectivity index (χ0) is 16.8. The molecule has 1 fully saturated rings. The van der Waals surface area contributed by atoms with Gasteiger partial charge in [-0.3, -0.25) is 9.59 Å². The van der Waals surface area contributed by atoms with Crippen LogP contribution in [-0.4, -0.2) is 18.4 Å². The molecule has 4 nitrogen and oxygen atoms in total. The minimum absolute atomic E-state index is 0.0724. The van der Waals surface area contributed by atoms with Gasteiger partial charge in [0, 0.05) is 30.3 Å². The Morgan fingerprint density at radius 2 is 1.96 bits per heavy atom. The number of nitrogens with one attached hydrogen (secondary N) is 1. The fourth-order valence-electron chi connectivity index (χ4n) is 3.23. The van der Waals surface area contributed by atoms with Crippen LogP contribution in [0.5, 0.6) is 0 Å². The van der Waals surface area contributed by atoms with Crippen molar-refractivity contribution in [2.75, 3.05) is 16.8 Å². The first kappa shape index (κ1) is 17.5. The topological polar surface area (TPSA) is 49.4 Å². The second-order valence-electron chi connectivity index (χ2n) is 6.41. The number of nitrogens with zero attached hydrogens (tertiary/aromatic N) is 1. The van der Waals surface area contributed by atoms with Gasteiger partial charge in [0.05, 0.1) is 0 Å². The zero-order valence-electron chi connectivity index (χ0n) is 14.5. The van der Waals surface area contributed by atoms with Crippen molar-refractivity contribution in [3.05, 3.63) is 23.8 Å². The fourth-order valence-corrected chi connectivity index (χ4v) is 3.23. The first-order valence-corrected chi connectivity index (χ1v) is 8.78. The molecule has 0 bridgehead atoms. The lowest BCUT2D eigenvalue weighted by Crippen LogP contribution is -2.25. The molecule has 0 radical (unpaired) electrons. The van der Waals surface area contributed by atoms with Crippen molar-refractivity contribution in [2.24, 2.45) is 5.92 Å². The number of hydrogen-bond acceptors (Lipinski definition) is 2. The van der Waals surface area contributed by atoms with Crippen LogP contribution in [0.2, 0.25) is 0 Å². The molecule has 1 aromatic rings. The lowest BCUT2D eigenvalue weighted by atomic mass is 9.97. The van der Waals surface area contributed by atoms with E-state index in [1.54, 1.807) is 0 Å². The first-order valence-electron chi connectivity index (χ1n) is 8.78. The van der Waals surface area contributed by atoms with E-state index in [-0.39, 0.29) is 17.7 Å². The van der Waals surface area contributed by atoms with Gasteiger partial charge in [-0.2, -0.15) is 0 Å². The van der Waals surface area contributed by atoms with Gasteiger partial charge in [-0.25, -0.2) is 0 Å². The molecule has 126 valence electrons. The van der Waals surface area contributed by atoms with Crippen molar-refractivity contribution in [3.63, 3.8) is 0 Å². The summed E-state index contributed by atoms with van der Waals surface area (Å²) in [7, 11) is 0. The molecule has 1 aliphatic heterocycles. The van der Waals surface area contributed by atoms with Gasteiger partial charge in [0.15, 0.2) is 0 Å². The molecule has 0 spiro atoms. The third-order valence-corrected chi connectivity index (χ3v) is 4.49. The zero-order valence-corrected chi connectivity index (χ0v) is 14.5. The Bertz CT molecular complexity index is 562. The van der Waals surface area contributed by atoms with Crippen LogP contribution in [0, 0.1) is 12.8 Å². The molecule has 0 saturated carbocycles. The quantitative estimate of drug-likeness (QED) is 0.816. The minimum Gasteiger partial charge on any atom is -0.326 e. The van der Waals surface area contributed by atoms with Gasteiger partial charge in [0.2, 0.25) is 11.8 Å². The Hall–Kier alpha value is -1.84. The third-order valence-electron chi connectivity index (χ3n) is 4.49. The molecule has 1 aliphatic rings. The summed E-state index contributed by atoms with van der Waals surface area (Å²) in [5.74, 6) is 0.339. The Labute approximate surface area is 139 Å². The van der Waals surface area contributed by atoms with Gasteiger partial charge < -0.3 is 10.2 Å². The molecule has 4 heteroatoms. The van der Waals surface area contributed by atoms with Gasteiger partial charge in [-0.15, -0.1) is 0 Å². The predicted octanol–water partition coefficient (Wildman–Crippen LogP) is 4.28. The third kappa shape index (κ3) is 4.34. The summed E-state index contributed by atoms with van der Waals surface area (Å²) in [6, 6.07) is 5.84. The first-order chi connectivity index (χ1) is 11.1. The molecule has 0 aliphatic carbocycles. The van der Waals surface area contributed by atoms with Crippen LogP contribution in [-0.2, 0) is 9.59 Å². The van der Waals surface area contributed by atoms with Gasteiger partial charge >= 0.3 is 0 Å². The summed E-state index contributed by atoms with van der Waals surface area (Å²) in [6.45, 7) is 6.99. The van der Waals surface area contributed by atoms with Gasteiger partial charge in [0.25, 0.3) is 0 Å². The Morgan fingerprint density at radius 3 is 2.52 bits per heavy atom. The fraction of sp³-hybridized carbons (Fsp3) is 0.579. The molecular formula is C19H28N2O2. The van der Waals surface area contributed by atoms with E-state index in [9.17, 15) is 9.59 Å². The van der Waals surface area contributed by atoms with E-state index >= 15 is 0 Å². The van der Waals surface area contributed by atoms with E-state index in [1.165, 1.54) is 0 Å². The number of aryl methyl sites for hydroxylation is 1. The number of anilines is 2. The highest BCUT2D eigenvalue weighted by Gasteiger charge is 2.24. The number of hydrogen-bond donors (Lipinski definition) is 1. The smallest absolute Gasteiger partial charge is 0.227 e. The van der Waals surface area contributed by atoms with Crippen LogP contribution in [0.25, 0.3) is 0 Å². The van der Waals surface area contributed by atoms with Crippen molar-refractivity contribution in [3.8, 4) is 0 Å². The average Bonchev–Trinajstić information content (AvgIpc) is 2.95. The number of benzene rings is 1. The summed E-state index contributed by atoms with van der Waals surface area (Å²) in [5, 5.41) is 3.04. The van der Waals surface area contributed by atoms with E-state index < -0.39 is 0 Å². The minimum atomic E-state index is 0.0724.